The number of aromatic amines is 1. The topological polar surface area (TPSA) is 35.2 Å². The molecule has 2 aliphatic rings. The molecular weight excluding hydrogens is 456 g/mol. The molecule has 0 bridgehead atoms. The molecule has 1 fully saturated rings. The molecule has 0 radical (unpaired) electrons. The Balaban J connectivity index is 1.45. The molecule has 2 aromatic carbocycles. The van der Waals surface area contributed by atoms with Gasteiger partial charge in [-0.2, -0.15) is 0 Å². The van der Waals surface area contributed by atoms with Gasteiger partial charge in [0.2, 0.25) is 0 Å². The van der Waals surface area contributed by atoms with Crippen LogP contribution in [-0.4, -0.2) is 31.9 Å². The van der Waals surface area contributed by atoms with Gasteiger partial charge in [0.15, 0.2) is 0 Å². The molecule has 1 N–H and O–H groups in total. The fourth-order valence-electron chi connectivity index (χ4n) is 4.03. The third-order valence-corrected chi connectivity index (χ3v) is 7.21. The molecule has 2 unspecified atom stereocenters. The summed E-state index contributed by atoms with van der Waals surface area (Å²) in [4.78, 5) is 9.68. The van der Waals surface area contributed by atoms with Crippen molar-refractivity contribution in [2.75, 3.05) is 6.54 Å². The van der Waals surface area contributed by atoms with Crippen LogP contribution in [0.4, 0.5) is 0 Å². The third-order valence-electron chi connectivity index (χ3n) is 5.33. The van der Waals surface area contributed by atoms with Crippen LogP contribution in [0.2, 0.25) is 5.02 Å². The van der Waals surface area contributed by atoms with E-state index < -0.39 is 0 Å². The van der Waals surface area contributed by atoms with Crippen molar-refractivity contribution in [3.63, 3.8) is 0 Å². The van der Waals surface area contributed by atoms with Gasteiger partial charge in [-0.3, -0.25) is 5.01 Å². The van der Waals surface area contributed by atoms with Gasteiger partial charge in [-0.15, -0.1) is 0 Å². The van der Waals surface area contributed by atoms with Gasteiger partial charge in [0.1, 0.15) is 5.82 Å². The second kappa shape index (κ2) is 7.41. The number of hydrogen-bond acceptors (Lipinski definition) is 4. The third kappa shape index (κ3) is 3.36. The maximum absolute atomic E-state index is 6.20. The van der Waals surface area contributed by atoms with E-state index in [1.54, 1.807) is 0 Å². The van der Waals surface area contributed by atoms with Gasteiger partial charge in [0.05, 0.1) is 22.4 Å². The Morgan fingerprint density at radius 2 is 2.14 bits per heavy atom. The Kier molecular flexibility index (Phi) is 4.91. The highest BCUT2D eigenvalue weighted by Gasteiger charge is 2.36. The smallest absolute Gasteiger partial charge is 0.126 e. The number of H-pyrrole nitrogens is 1. The number of rotatable bonds is 3. The second-order valence-electron chi connectivity index (χ2n) is 7.21. The molecular formula is C21H20BrClN4S. The first-order valence-corrected chi connectivity index (χ1v) is 11.5. The molecule has 0 aliphatic carbocycles. The molecule has 0 amide bonds. The molecule has 1 saturated heterocycles. The van der Waals surface area contributed by atoms with Gasteiger partial charge < -0.3 is 4.98 Å². The number of thioether (sulfide) groups is 1. The summed E-state index contributed by atoms with van der Waals surface area (Å²) in [7, 11) is 0. The molecule has 2 atom stereocenters. The number of nitrogens with zero attached hydrogens (tertiary/aromatic N) is 3. The lowest BCUT2D eigenvalue weighted by molar-refractivity contribution is 0.00255. The number of halogens is 2. The van der Waals surface area contributed by atoms with E-state index in [0.717, 1.165) is 39.3 Å². The first kappa shape index (κ1) is 18.6. The Hall–Kier alpha value is -1.47. The SMILES string of the molecule is CC1SC(c2cccc(Cl)c2)=CN1N1CCCC1c1nc2ccc(Br)cc2[nH]1. The molecule has 7 heteroatoms. The van der Waals surface area contributed by atoms with Crippen molar-refractivity contribution in [2.24, 2.45) is 0 Å². The molecule has 3 heterocycles. The summed E-state index contributed by atoms with van der Waals surface area (Å²) < 4.78 is 1.07. The number of aromatic nitrogens is 2. The molecule has 3 aromatic rings. The highest BCUT2D eigenvalue weighted by molar-refractivity contribution is 9.10. The predicted octanol–water partition coefficient (Wildman–Crippen LogP) is 6.42. The van der Waals surface area contributed by atoms with E-state index in [1.165, 1.54) is 16.9 Å². The Morgan fingerprint density at radius 3 is 3.00 bits per heavy atom. The maximum atomic E-state index is 6.20. The monoisotopic (exact) mass is 474 g/mol. The average molecular weight is 476 g/mol. The van der Waals surface area contributed by atoms with Crippen LogP contribution >= 0.6 is 39.3 Å². The maximum Gasteiger partial charge on any atom is 0.126 e. The quantitative estimate of drug-likeness (QED) is 0.474. The van der Waals surface area contributed by atoms with Crippen LogP contribution in [0.15, 0.2) is 53.1 Å². The fourth-order valence-corrected chi connectivity index (χ4v) is 5.67. The standard InChI is InChI=1S/C21H20BrClN4S/c1-13-27(12-20(28-13)14-4-2-5-16(23)10-14)26-9-3-6-19(26)21-24-17-8-7-15(22)11-18(17)25-21/h2,4-5,7-8,10-13,19H,3,6,9H2,1H3,(H,24,25). The Bertz CT molecular complexity index is 1070. The predicted molar refractivity (Wildman–Crippen MR) is 121 cm³/mol. The summed E-state index contributed by atoms with van der Waals surface area (Å²) in [5.74, 6) is 1.05. The van der Waals surface area contributed by atoms with Gasteiger partial charge in [-0.25, -0.2) is 9.99 Å². The van der Waals surface area contributed by atoms with Crippen LogP contribution in [0.3, 0.4) is 0 Å². The number of hydrogen-bond donors (Lipinski definition) is 1. The molecule has 5 rings (SSSR count). The van der Waals surface area contributed by atoms with Crippen LogP contribution in [0.1, 0.15) is 37.2 Å². The van der Waals surface area contributed by atoms with Crippen molar-refractivity contribution >= 4 is 55.2 Å². The summed E-state index contributed by atoms with van der Waals surface area (Å²) >= 11 is 11.6. The lowest BCUT2D eigenvalue weighted by Gasteiger charge is -2.35. The highest BCUT2D eigenvalue weighted by Crippen LogP contribution is 2.44. The molecule has 1 aromatic heterocycles. The van der Waals surface area contributed by atoms with E-state index in [0.29, 0.717) is 5.37 Å². The van der Waals surface area contributed by atoms with Crippen molar-refractivity contribution in [3.05, 3.63) is 69.5 Å². The van der Waals surface area contributed by atoms with Crippen LogP contribution in [-0.2, 0) is 0 Å². The van der Waals surface area contributed by atoms with E-state index in [2.05, 4.69) is 62.3 Å². The number of hydrazine groups is 1. The van der Waals surface area contributed by atoms with Crippen molar-refractivity contribution in [3.8, 4) is 0 Å². The minimum Gasteiger partial charge on any atom is -0.341 e. The summed E-state index contributed by atoms with van der Waals surface area (Å²) in [6, 6.07) is 14.6. The van der Waals surface area contributed by atoms with Gasteiger partial charge in [-0.1, -0.05) is 51.4 Å². The van der Waals surface area contributed by atoms with Crippen LogP contribution < -0.4 is 0 Å². The number of imidazole rings is 1. The zero-order valence-corrected chi connectivity index (χ0v) is 18.6. The molecule has 0 saturated carbocycles. The first-order chi connectivity index (χ1) is 13.6. The highest BCUT2D eigenvalue weighted by atomic mass is 79.9. The van der Waals surface area contributed by atoms with E-state index in [9.17, 15) is 0 Å². The van der Waals surface area contributed by atoms with Gasteiger partial charge >= 0.3 is 0 Å². The zero-order chi connectivity index (χ0) is 19.3. The average Bonchev–Trinajstić information content (AvgIpc) is 3.38. The molecule has 4 nitrogen and oxygen atoms in total. The Morgan fingerprint density at radius 1 is 1.25 bits per heavy atom. The van der Waals surface area contributed by atoms with Gasteiger partial charge in [0.25, 0.3) is 0 Å². The largest absolute Gasteiger partial charge is 0.341 e. The normalized spacial score (nSPS) is 23.0. The van der Waals surface area contributed by atoms with Crippen molar-refractivity contribution < 1.29 is 0 Å². The number of nitrogens with one attached hydrogen (secondary N) is 1. The summed E-state index contributed by atoms with van der Waals surface area (Å²) in [5, 5.41) is 5.95. The molecule has 2 aliphatic heterocycles. The molecule has 144 valence electrons. The lowest BCUT2D eigenvalue weighted by atomic mass is 10.2. The summed E-state index contributed by atoms with van der Waals surface area (Å²) in [5.41, 5.74) is 3.27. The van der Waals surface area contributed by atoms with Crippen molar-refractivity contribution in [1.29, 1.82) is 0 Å². The molecule has 0 spiro atoms. The van der Waals surface area contributed by atoms with Crippen molar-refractivity contribution in [2.45, 2.75) is 31.2 Å². The Labute approximate surface area is 182 Å². The second-order valence-corrected chi connectivity index (χ2v) is 9.92. The van der Waals surface area contributed by atoms with Crippen molar-refractivity contribution in [1.82, 2.24) is 20.0 Å². The summed E-state index contributed by atoms with van der Waals surface area (Å²) in [6.07, 6.45) is 4.54. The zero-order valence-electron chi connectivity index (χ0n) is 15.4. The minimum absolute atomic E-state index is 0.268. The van der Waals surface area contributed by atoms with Crippen LogP contribution in [0, 0.1) is 0 Å². The van der Waals surface area contributed by atoms with E-state index in [1.807, 2.05) is 36.0 Å². The minimum atomic E-state index is 0.268. The fraction of sp³-hybridized carbons (Fsp3) is 0.286. The lowest BCUT2D eigenvalue weighted by Crippen LogP contribution is -2.41. The van der Waals surface area contributed by atoms with E-state index in [4.69, 9.17) is 16.6 Å². The number of fused-ring (bicyclic) bond motifs is 1. The van der Waals surface area contributed by atoms with Gasteiger partial charge in [-0.05, 0) is 55.7 Å². The van der Waals surface area contributed by atoms with Crippen LogP contribution in [0.25, 0.3) is 15.9 Å². The molecule has 28 heavy (non-hydrogen) atoms. The number of benzene rings is 2. The van der Waals surface area contributed by atoms with E-state index >= 15 is 0 Å². The van der Waals surface area contributed by atoms with Crippen LogP contribution in [0.5, 0.6) is 0 Å². The van der Waals surface area contributed by atoms with Gasteiger partial charge in [0, 0.05) is 27.1 Å². The first-order valence-electron chi connectivity index (χ1n) is 9.43. The van der Waals surface area contributed by atoms with E-state index in [-0.39, 0.29) is 6.04 Å². The summed E-state index contributed by atoms with van der Waals surface area (Å²) in [6.45, 7) is 3.29.